The standard InChI is InChI=1S/C22H19FN2O3S/c1-28-17-6-4-5-16(13-17)24-21(26)14-29-18-11-9-15(10-12-18)25-22(27)19-7-2-3-8-20(19)23/h2-13H,14H2,1H3,(H,24,26)(H,25,27). The van der Waals surface area contributed by atoms with Gasteiger partial charge in [0.2, 0.25) is 5.91 Å². The first kappa shape index (κ1) is 20.4. The van der Waals surface area contributed by atoms with Crippen LogP contribution in [0.15, 0.2) is 77.7 Å². The number of amides is 2. The molecule has 0 fully saturated rings. The maximum atomic E-state index is 13.7. The van der Waals surface area contributed by atoms with Crippen LogP contribution in [0.1, 0.15) is 10.4 Å². The summed E-state index contributed by atoms with van der Waals surface area (Å²) in [6.45, 7) is 0. The maximum absolute atomic E-state index is 13.7. The number of hydrogen-bond acceptors (Lipinski definition) is 4. The van der Waals surface area contributed by atoms with Gasteiger partial charge in [-0.05, 0) is 48.5 Å². The summed E-state index contributed by atoms with van der Waals surface area (Å²) < 4.78 is 18.8. The molecule has 0 aliphatic heterocycles. The van der Waals surface area contributed by atoms with Crippen LogP contribution >= 0.6 is 11.8 Å². The lowest BCUT2D eigenvalue weighted by Gasteiger charge is -2.08. The zero-order valence-corrected chi connectivity index (χ0v) is 16.5. The second kappa shape index (κ2) is 9.75. The van der Waals surface area contributed by atoms with E-state index in [2.05, 4.69) is 10.6 Å². The highest BCUT2D eigenvalue weighted by atomic mass is 32.2. The van der Waals surface area contributed by atoms with Crippen molar-refractivity contribution in [2.45, 2.75) is 4.90 Å². The minimum absolute atomic E-state index is 0.0137. The van der Waals surface area contributed by atoms with Gasteiger partial charge in [-0.25, -0.2) is 4.39 Å². The van der Waals surface area contributed by atoms with E-state index in [9.17, 15) is 14.0 Å². The highest BCUT2D eigenvalue weighted by Crippen LogP contribution is 2.22. The molecule has 3 aromatic carbocycles. The molecule has 3 aromatic rings. The Hall–Kier alpha value is -3.32. The average Bonchev–Trinajstić information content (AvgIpc) is 2.73. The monoisotopic (exact) mass is 410 g/mol. The molecular formula is C22H19FN2O3S. The van der Waals surface area contributed by atoms with Crippen molar-refractivity contribution in [2.24, 2.45) is 0 Å². The van der Waals surface area contributed by atoms with Gasteiger partial charge in [0, 0.05) is 22.3 Å². The normalized spacial score (nSPS) is 10.3. The molecule has 0 radical (unpaired) electrons. The fraction of sp³-hybridized carbons (Fsp3) is 0.0909. The third kappa shape index (κ3) is 5.83. The summed E-state index contributed by atoms with van der Waals surface area (Å²) >= 11 is 1.37. The van der Waals surface area contributed by atoms with Gasteiger partial charge in [-0.15, -0.1) is 11.8 Å². The lowest BCUT2D eigenvalue weighted by molar-refractivity contribution is -0.113. The van der Waals surface area contributed by atoms with Crippen molar-refractivity contribution in [2.75, 3.05) is 23.5 Å². The molecule has 0 atom stereocenters. The Morgan fingerprint density at radius 3 is 2.41 bits per heavy atom. The van der Waals surface area contributed by atoms with Crippen molar-refractivity contribution < 1.29 is 18.7 Å². The topological polar surface area (TPSA) is 67.4 Å². The van der Waals surface area contributed by atoms with Crippen LogP contribution in [0.25, 0.3) is 0 Å². The molecule has 2 amide bonds. The molecule has 0 saturated carbocycles. The van der Waals surface area contributed by atoms with Gasteiger partial charge >= 0.3 is 0 Å². The van der Waals surface area contributed by atoms with Crippen LogP contribution in [0.4, 0.5) is 15.8 Å². The third-order valence-electron chi connectivity index (χ3n) is 3.95. The average molecular weight is 410 g/mol. The van der Waals surface area contributed by atoms with E-state index >= 15 is 0 Å². The Morgan fingerprint density at radius 1 is 0.931 bits per heavy atom. The molecule has 29 heavy (non-hydrogen) atoms. The second-order valence-corrected chi connectivity index (χ2v) is 7.08. The van der Waals surface area contributed by atoms with E-state index in [0.29, 0.717) is 17.1 Å². The molecule has 0 aliphatic rings. The highest BCUT2D eigenvalue weighted by molar-refractivity contribution is 8.00. The quantitative estimate of drug-likeness (QED) is 0.548. The van der Waals surface area contributed by atoms with Crippen LogP contribution < -0.4 is 15.4 Å². The van der Waals surface area contributed by atoms with Crippen molar-refractivity contribution >= 4 is 35.0 Å². The number of anilines is 2. The molecule has 3 rings (SSSR count). The SMILES string of the molecule is COc1cccc(NC(=O)CSc2ccc(NC(=O)c3ccccc3F)cc2)c1. The Balaban J connectivity index is 1.52. The first-order valence-electron chi connectivity index (χ1n) is 8.78. The number of halogens is 1. The number of benzene rings is 3. The summed E-state index contributed by atoms with van der Waals surface area (Å²) in [5.74, 6) is -0.318. The van der Waals surface area contributed by atoms with Crippen LogP contribution in [-0.2, 0) is 4.79 Å². The van der Waals surface area contributed by atoms with Crippen molar-refractivity contribution in [1.29, 1.82) is 0 Å². The molecule has 0 spiro atoms. The van der Waals surface area contributed by atoms with Crippen LogP contribution in [0.2, 0.25) is 0 Å². The van der Waals surface area contributed by atoms with Crippen molar-refractivity contribution in [3.05, 3.63) is 84.2 Å². The minimum Gasteiger partial charge on any atom is -0.497 e. The Morgan fingerprint density at radius 2 is 1.69 bits per heavy atom. The lowest BCUT2D eigenvalue weighted by Crippen LogP contribution is -2.14. The van der Waals surface area contributed by atoms with Gasteiger partial charge in [0.15, 0.2) is 0 Å². The fourth-order valence-corrected chi connectivity index (χ4v) is 3.22. The second-order valence-electron chi connectivity index (χ2n) is 6.03. The first-order chi connectivity index (χ1) is 14.0. The van der Waals surface area contributed by atoms with Crippen LogP contribution in [0, 0.1) is 5.82 Å². The predicted octanol–water partition coefficient (Wildman–Crippen LogP) is 4.82. The molecule has 0 heterocycles. The van der Waals surface area contributed by atoms with Gasteiger partial charge in [-0.2, -0.15) is 0 Å². The van der Waals surface area contributed by atoms with E-state index < -0.39 is 11.7 Å². The Kier molecular flexibility index (Phi) is 6.86. The third-order valence-corrected chi connectivity index (χ3v) is 4.97. The van der Waals surface area contributed by atoms with E-state index in [-0.39, 0.29) is 17.2 Å². The van der Waals surface area contributed by atoms with Gasteiger partial charge in [0.25, 0.3) is 5.91 Å². The summed E-state index contributed by atoms with van der Waals surface area (Å²) in [5, 5.41) is 5.47. The van der Waals surface area contributed by atoms with Gasteiger partial charge in [0.1, 0.15) is 11.6 Å². The van der Waals surface area contributed by atoms with Gasteiger partial charge in [-0.3, -0.25) is 9.59 Å². The first-order valence-corrected chi connectivity index (χ1v) is 9.76. The smallest absolute Gasteiger partial charge is 0.258 e. The molecule has 0 aromatic heterocycles. The molecular weight excluding hydrogens is 391 g/mol. The zero-order chi connectivity index (χ0) is 20.6. The molecule has 0 saturated heterocycles. The summed E-state index contributed by atoms with van der Waals surface area (Å²) in [7, 11) is 1.57. The molecule has 7 heteroatoms. The highest BCUT2D eigenvalue weighted by Gasteiger charge is 2.11. The Bertz CT molecular complexity index is 1010. The number of methoxy groups -OCH3 is 1. The van der Waals surface area contributed by atoms with Crippen LogP contribution in [-0.4, -0.2) is 24.7 Å². The van der Waals surface area contributed by atoms with Crippen molar-refractivity contribution in [3.63, 3.8) is 0 Å². The summed E-state index contributed by atoms with van der Waals surface area (Å²) in [5.41, 5.74) is 1.20. The van der Waals surface area contributed by atoms with E-state index in [1.165, 1.54) is 30.0 Å². The number of carbonyl (C=O) groups is 2. The number of carbonyl (C=O) groups excluding carboxylic acids is 2. The van der Waals surface area contributed by atoms with E-state index in [0.717, 1.165) is 4.90 Å². The molecule has 2 N–H and O–H groups in total. The van der Waals surface area contributed by atoms with Gasteiger partial charge < -0.3 is 15.4 Å². The van der Waals surface area contributed by atoms with E-state index in [4.69, 9.17) is 4.74 Å². The van der Waals surface area contributed by atoms with Crippen molar-refractivity contribution in [1.82, 2.24) is 0 Å². The number of hydrogen-bond donors (Lipinski definition) is 2. The number of thioether (sulfide) groups is 1. The molecule has 0 unspecified atom stereocenters. The molecule has 5 nitrogen and oxygen atoms in total. The summed E-state index contributed by atoms with van der Waals surface area (Å²) in [6.07, 6.45) is 0. The molecule has 0 aliphatic carbocycles. The molecule has 148 valence electrons. The van der Waals surface area contributed by atoms with Gasteiger partial charge in [-0.1, -0.05) is 18.2 Å². The number of nitrogens with one attached hydrogen (secondary N) is 2. The van der Waals surface area contributed by atoms with Crippen LogP contribution in [0.3, 0.4) is 0 Å². The van der Waals surface area contributed by atoms with Crippen molar-refractivity contribution in [3.8, 4) is 5.75 Å². The number of rotatable bonds is 7. The maximum Gasteiger partial charge on any atom is 0.258 e. The fourth-order valence-electron chi connectivity index (χ4n) is 2.53. The zero-order valence-electron chi connectivity index (χ0n) is 15.6. The van der Waals surface area contributed by atoms with E-state index in [1.54, 1.807) is 61.7 Å². The summed E-state index contributed by atoms with van der Waals surface area (Å²) in [6, 6.07) is 19.9. The summed E-state index contributed by atoms with van der Waals surface area (Å²) in [4.78, 5) is 25.1. The minimum atomic E-state index is -0.570. The number of ether oxygens (including phenoxy) is 1. The van der Waals surface area contributed by atoms with Gasteiger partial charge in [0.05, 0.1) is 18.4 Å². The lowest BCUT2D eigenvalue weighted by atomic mass is 10.2. The largest absolute Gasteiger partial charge is 0.497 e. The van der Waals surface area contributed by atoms with E-state index in [1.807, 2.05) is 0 Å². The Labute approximate surface area is 172 Å². The predicted molar refractivity (Wildman–Crippen MR) is 113 cm³/mol. The van der Waals surface area contributed by atoms with Crippen LogP contribution in [0.5, 0.6) is 5.75 Å². The molecule has 0 bridgehead atoms.